The third-order valence-corrected chi connectivity index (χ3v) is 7.21. The molecule has 0 unspecified atom stereocenters. The number of rotatable bonds is 17. The van der Waals surface area contributed by atoms with Crippen LogP contribution in [0.3, 0.4) is 0 Å². The number of carboxylic acids is 1. The van der Waals surface area contributed by atoms with E-state index in [4.69, 9.17) is 5.73 Å². The average molecular weight is 646 g/mol. The lowest BCUT2D eigenvalue weighted by Gasteiger charge is -2.27. The summed E-state index contributed by atoms with van der Waals surface area (Å²) in [6, 6.07) is 8.98. The zero-order valence-corrected chi connectivity index (χ0v) is 26.4. The minimum absolute atomic E-state index is 0.0690. The van der Waals surface area contributed by atoms with Gasteiger partial charge < -0.3 is 42.3 Å². The van der Waals surface area contributed by atoms with E-state index in [2.05, 4.69) is 33.9 Å². The molecule has 0 aromatic heterocycles. The maximum Gasteiger partial charge on any atom is 0.328 e. The zero-order valence-electron chi connectivity index (χ0n) is 25.5. The minimum atomic E-state index is -1.59. The fourth-order valence-electron chi connectivity index (χ4n) is 4.40. The molecule has 0 aliphatic rings. The van der Waals surface area contributed by atoms with Gasteiger partial charge in [0, 0.05) is 12.2 Å². The van der Waals surface area contributed by atoms with Crippen LogP contribution in [0.15, 0.2) is 54.6 Å². The van der Waals surface area contributed by atoms with Crippen molar-refractivity contribution in [2.45, 2.75) is 76.3 Å². The molecule has 14 heteroatoms. The normalized spacial score (nSPS) is 15.1. The summed E-state index contributed by atoms with van der Waals surface area (Å²) in [5, 5.41) is 38.6. The number of aliphatic hydroxyl groups is 1. The Morgan fingerprint density at radius 2 is 1.24 bits per heavy atom. The SMILES string of the molecule is CC(C)C[C@H](NC(=O)[C@H](CS)NC(=O)[C@H](Cc1ccccc1)NC(=O)[C@@H](N)Cc1ccc(O)cc1)C(=O)N[C@H](C(=O)O)[C@@H](C)O. The molecule has 246 valence electrons. The summed E-state index contributed by atoms with van der Waals surface area (Å²) >= 11 is 4.20. The van der Waals surface area contributed by atoms with Gasteiger partial charge in [0.15, 0.2) is 6.04 Å². The second-order valence-corrected chi connectivity index (χ2v) is 11.6. The number of hydrogen-bond donors (Lipinski definition) is 9. The van der Waals surface area contributed by atoms with E-state index in [-0.39, 0.29) is 36.7 Å². The van der Waals surface area contributed by atoms with Crippen LogP contribution in [0, 0.1) is 5.92 Å². The fraction of sp³-hybridized carbons (Fsp3) is 0.452. The minimum Gasteiger partial charge on any atom is -0.508 e. The first-order valence-corrected chi connectivity index (χ1v) is 15.2. The van der Waals surface area contributed by atoms with Crippen molar-refractivity contribution >= 4 is 42.2 Å². The number of aliphatic hydroxyl groups excluding tert-OH is 1. The molecule has 6 atom stereocenters. The van der Waals surface area contributed by atoms with Crippen LogP contribution < -0.4 is 27.0 Å². The van der Waals surface area contributed by atoms with E-state index in [0.29, 0.717) is 5.56 Å². The summed E-state index contributed by atoms with van der Waals surface area (Å²) in [4.78, 5) is 64.2. The van der Waals surface area contributed by atoms with Crippen molar-refractivity contribution in [3.05, 3.63) is 65.7 Å². The van der Waals surface area contributed by atoms with Crippen LogP contribution in [0.2, 0.25) is 0 Å². The van der Waals surface area contributed by atoms with Crippen LogP contribution in [0.5, 0.6) is 5.75 Å². The number of phenolic OH excluding ortho intramolecular Hbond substituents is 1. The topological polar surface area (TPSA) is 220 Å². The molecule has 4 amide bonds. The van der Waals surface area contributed by atoms with Crippen LogP contribution >= 0.6 is 12.6 Å². The van der Waals surface area contributed by atoms with Gasteiger partial charge >= 0.3 is 5.97 Å². The highest BCUT2D eigenvalue weighted by Gasteiger charge is 2.33. The molecular weight excluding hydrogens is 602 g/mol. The predicted octanol–water partition coefficient (Wildman–Crippen LogP) is -0.115. The van der Waals surface area contributed by atoms with Gasteiger partial charge in [-0.15, -0.1) is 0 Å². The van der Waals surface area contributed by atoms with Gasteiger partial charge in [0.25, 0.3) is 0 Å². The molecule has 2 rings (SSSR count). The van der Waals surface area contributed by atoms with Crippen LogP contribution in [-0.4, -0.2) is 87.0 Å². The van der Waals surface area contributed by atoms with E-state index in [1.165, 1.54) is 19.1 Å². The number of aliphatic carboxylic acids is 1. The Morgan fingerprint density at radius 3 is 1.78 bits per heavy atom. The quantitative estimate of drug-likeness (QED) is 0.105. The molecule has 0 spiro atoms. The lowest BCUT2D eigenvalue weighted by atomic mass is 10.0. The van der Waals surface area contributed by atoms with Crippen molar-refractivity contribution < 1.29 is 39.3 Å². The monoisotopic (exact) mass is 645 g/mol. The van der Waals surface area contributed by atoms with Crippen molar-refractivity contribution in [3.63, 3.8) is 0 Å². The van der Waals surface area contributed by atoms with E-state index < -0.39 is 65.9 Å². The van der Waals surface area contributed by atoms with Crippen molar-refractivity contribution in [2.24, 2.45) is 11.7 Å². The summed E-state index contributed by atoms with van der Waals surface area (Å²) in [7, 11) is 0. The molecule has 2 aromatic carbocycles. The Balaban J connectivity index is 2.19. The van der Waals surface area contributed by atoms with E-state index in [1.54, 1.807) is 56.3 Å². The van der Waals surface area contributed by atoms with Gasteiger partial charge in [0.05, 0.1) is 12.1 Å². The highest BCUT2D eigenvalue weighted by molar-refractivity contribution is 7.80. The number of nitrogens with two attached hydrogens (primary N) is 1. The Morgan fingerprint density at radius 1 is 0.733 bits per heavy atom. The van der Waals surface area contributed by atoms with E-state index in [1.807, 2.05) is 0 Å². The second kappa shape index (κ2) is 18.0. The number of thiol groups is 1. The van der Waals surface area contributed by atoms with Crippen molar-refractivity contribution in [1.82, 2.24) is 21.3 Å². The number of nitrogens with one attached hydrogen (secondary N) is 4. The molecule has 0 fully saturated rings. The van der Waals surface area contributed by atoms with Crippen LogP contribution in [-0.2, 0) is 36.8 Å². The molecule has 0 bridgehead atoms. The number of carbonyl (C=O) groups excluding carboxylic acids is 4. The maximum atomic E-state index is 13.5. The number of benzene rings is 2. The van der Waals surface area contributed by atoms with Gasteiger partial charge in [0.2, 0.25) is 23.6 Å². The molecule has 0 saturated heterocycles. The molecule has 13 nitrogen and oxygen atoms in total. The summed E-state index contributed by atoms with van der Waals surface area (Å²) in [5.41, 5.74) is 7.56. The van der Waals surface area contributed by atoms with E-state index in [9.17, 15) is 39.3 Å². The maximum absolute atomic E-state index is 13.5. The van der Waals surface area contributed by atoms with E-state index in [0.717, 1.165) is 5.56 Å². The Kier molecular flexibility index (Phi) is 14.8. The van der Waals surface area contributed by atoms with Gasteiger partial charge in [-0.1, -0.05) is 56.3 Å². The Labute approximate surface area is 267 Å². The van der Waals surface area contributed by atoms with Gasteiger partial charge in [-0.3, -0.25) is 19.2 Å². The van der Waals surface area contributed by atoms with Crippen molar-refractivity contribution in [3.8, 4) is 5.75 Å². The molecule has 2 aromatic rings. The molecule has 0 saturated carbocycles. The van der Waals surface area contributed by atoms with Crippen molar-refractivity contribution in [2.75, 3.05) is 5.75 Å². The zero-order chi connectivity index (χ0) is 33.7. The predicted molar refractivity (Wildman–Crippen MR) is 170 cm³/mol. The van der Waals surface area contributed by atoms with Crippen molar-refractivity contribution in [1.29, 1.82) is 0 Å². The molecule has 0 radical (unpaired) electrons. The number of carboxylic acid groups (broad SMARTS) is 1. The highest BCUT2D eigenvalue weighted by Crippen LogP contribution is 2.12. The lowest BCUT2D eigenvalue weighted by Crippen LogP contribution is -2.60. The number of amides is 4. The Hall–Kier alpha value is -4.14. The van der Waals surface area contributed by atoms with Crippen LogP contribution in [0.1, 0.15) is 38.3 Å². The van der Waals surface area contributed by atoms with E-state index >= 15 is 0 Å². The number of hydrogen-bond acceptors (Lipinski definition) is 9. The fourth-order valence-corrected chi connectivity index (χ4v) is 4.66. The summed E-state index contributed by atoms with van der Waals surface area (Å²) in [6.45, 7) is 4.82. The highest BCUT2D eigenvalue weighted by atomic mass is 32.1. The van der Waals surface area contributed by atoms with Gasteiger partial charge in [-0.05, 0) is 48.9 Å². The second-order valence-electron chi connectivity index (χ2n) is 11.2. The van der Waals surface area contributed by atoms with Crippen LogP contribution in [0.4, 0.5) is 0 Å². The first-order valence-electron chi connectivity index (χ1n) is 14.5. The molecular formula is C31H43N5O8S. The summed E-state index contributed by atoms with van der Waals surface area (Å²) < 4.78 is 0. The largest absolute Gasteiger partial charge is 0.508 e. The van der Waals surface area contributed by atoms with Gasteiger partial charge in [-0.2, -0.15) is 12.6 Å². The van der Waals surface area contributed by atoms with Crippen LogP contribution in [0.25, 0.3) is 0 Å². The number of carbonyl (C=O) groups is 5. The molecule has 45 heavy (non-hydrogen) atoms. The summed E-state index contributed by atoms with van der Waals surface area (Å²) in [6.07, 6.45) is -1.02. The summed E-state index contributed by atoms with van der Waals surface area (Å²) in [5.74, 6) is -4.48. The van der Waals surface area contributed by atoms with Gasteiger partial charge in [0.1, 0.15) is 23.9 Å². The molecule has 0 aliphatic heterocycles. The molecule has 0 aliphatic carbocycles. The third kappa shape index (κ3) is 12.4. The first-order chi connectivity index (χ1) is 21.2. The Bertz CT molecular complexity index is 1290. The molecule has 9 N–H and O–H groups in total. The lowest BCUT2D eigenvalue weighted by molar-refractivity contribution is -0.145. The standard InChI is InChI=1S/C31H43N5O8S/c1-17(2)13-23(29(41)36-26(18(3)37)31(43)44)34-30(42)25(16-45)35-28(40)24(15-19-7-5-4-6-8-19)33-27(39)22(32)14-20-9-11-21(38)12-10-20/h4-12,17-18,22-26,37-38,45H,13-16,32H2,1-3H3,(H,33,39)(H,34,42)(H,35,40)(H,36,41)(H,43,44)/t18-,22+,23+,24+,25+,26+/m1/s1. The molecule has 0 heterocycles. The number of phenols is 1. The third-order valence-electron chi connectivity index (χ3n) is 6.85. The first kappa shape index (κ1) is 37.0. The van der Waals surface area contributed by atoms with Gasteiger partial charge in [-0.25, -0.2) is 4.79 Å². The smallest absolute Gasteiger partial charge is 0.328 e. The average Bonchev–Trinajstić information content (AvgIpc) is 2.98. The number of aromatic hydroxyl groups is 1.